The lowest BCUT2D eigenvalue weighted by molar-refractivity contribution is 0.342. The van der Waals surface area contributed by atoms with Crippen molar-refractivity contribution >= 4 is 10.0 Å². The Balaban J connectivity index is 2.83. The van der Waals surface area contributed by atoms with Crippen molar-refractivity contribution < 1.29 is 8.42 Å². The molecule has 0 bridgehead atoms. The van der Waals surface area contributed by atoms with E-state index in [1.165, 1.54) is 0 Å². The predicted octanol–water partition coefficient (Wildman–Crippen LogP) is 2.61. The molecule has 0 aliphatic carbocycles. The predicted molar refractivity (Wildman–Crippen MR) is 88.7 cm³/mol. The molecule has 0 aliphatic rings. The molecular weight excluding hydrogens is 284 g/mol. The molecule has 0 heterocycles. The second-order valence-corrected chi connectivity index (χ2v) is 7.99. The third kappa shape index (κ3) is 5.41. The highest BCUT2D eigenvalue weighted by atomic mass is 32.2. The summed E-state index contributed by atoms with van der Waals surface area (Å²) in [5, 5.41) is 2.77. The number of hydrogen-bond acceptors (Lipinski definition) is 3. The fourth-order valence-corrected chi connectivity index (χ4v) is 3.86. The topological polar surface area (TPSA) is 49.4 Å². The van der Waals surface area contributed by atoms with Gasteiger partial charge in [0.1, 0.15) is 0 Å². The van der Waals surface area contributed by atoms with Crippen LogP contribution in [0.5, 0.6) is 0 Å². The second kappa shape index (κ2) is 8.51. The van der Waals surface area contributed by atoms with E-state index in [0.717, 1.165) is 18.5 Å². The molecule has 1 N–H and O–H groups in total. The van der Waals surface area contributed by atoms with E-state index in [1.54, 1.807) is 11.2 Å². The Morgan fingerprint density at radius 1 is 1.14 bits per heavy atom. The van der Waals surface area contributed by atoms with Gasteiger partial charge in [-0.05, 0) is 39.3 Å². The van der Waals surface area contributed by atoms with Crippen LogP contribution in [0.1, 0.15) is 39.7 Å². The molecule has 0 amide bonds. The molecule has 1 atom stereocenters. The zero-order valence-corrected chi connectivity index (χ0v) is 14.4. The molecule has 21 heavy (non-hydrogen) atoms. The van der Waals surface area contributed by atoms with Gasteiger partial charge >= 0.3 is 0 Å². The fraction of sp³-hybridized carbons (Fsp3) is 0.625. The van der Waals surface area contributed by atoms with Crippen molar-refractivity contribution in [2.24, 2.45) is 0 Å². The van der Waals surface area contributed by atoms with Crippen molar-refractivity contribution in [2.45, 2.75) is 52.0 Å². The quantitative estimate of drug-likeness (QED) is 0.713. The zero-order valence-electron chi connectivity index (χ0n) is 13.5. The third-order valence-electron chi connectivity index (χ3n) is 3.45. The maximum Gasteiger partial charge on any atom is 0.218 e. The minimum absolute atomic E-state index is 0.0520. The van der Waals surface area contributed by atoms with Gasteiger partial charge in [-0.15, -0.1) is 0 Å². The molecule has 1 rings (SSSR count). The van der Waals surface area contributed by atoms with E-state index >= 15 is 0 Å². The van der Waals surface area contributed by atoms with Gasteiger partial charge in [0.15, 0.2) is 0 Å². The van der Waals surface area contributed by atoms with Crippen LogP contribution >= 0.6 is 0 Å². The van der Waals surface area contributed by atoms with Crippen LogP contribution in [0.2, 0.25) is 0 Å². The molecule has 4 nitrogen and oxygen atoms in total. The van der Waals surface area contributed by atoms with E-state index in [1.807, 2.05) is 44.2 Å². The highest BCUT2D eigenvalue weighted by molar-refractivity contribution is 7.89. The smallest absolute Gasteiger partial charge is 0.218 e. The Bertz CT molecular complexity index is 500. The molecule has 1 aromatic rings. The number of nitrogens with one attached hydrogen (secondary N) is 1. The molecule has 0 saturated carbocycles. The second-order valence-electron chi connectivity index (χ2n) is 5.68. The Kier molecular flexibility index (Phi) is 7.35. The highest BCUT2D eigenvalue weighted by Crippen LogP contribution is 2.17. The number of hydrogen-bond donors (Lipinski definition) is 1. The number of rotatable bonds is 9. The highest BCUT2D eigenvalue weighted by Gasteiger charge is 2.30. The first-order valence-electron chi connectivity index (χ1n) is 7.64. The van der Waals surface area contributed by atoms with Crippen LogP contribution in [0.3, 0.4) is 0 Å². The Hall–Kier alpha value is -0.910. The SMILES string of the molecule is CCCNCC(C)S(=O)(=O)N(Cc1ccccc1)C(C)C. The molecule has 5 heteroatoms. The number of sulfonamides is 1. The molecule has 0 spiro atoms. The van der Waals surface area contributed by atoms with Crippen LogP contribution in [-0.2, 0) is 16.6 Å². The third-order valence-corrected chi connectivity index (χ3v) is 5.84. The summed E-state index contributed by atoms with van der Waals surface area (Å²) in [6, 6.07) is 9.69. The molecule has 0 aliphatic heterocycles. The summed E-state index contributed by atoms with van der Waals surface area (Å²) in [6.45, 7) is 9.47. The first kappa shape index (κ1) is 18.1. The Morgan fingerprint density at radius 2 is 1.76 bits per heavy atom. The molecular formula is C16H28N2O2S. The van der Waals surface area contributed by atoms with Gasteiger partial charge in [0.05, 0.1) is 5.25 Å². The van der Waals surface area contributed by atoms with Gasteiger partial charge in [0, 0.05) is 19.1 Å². The van der Waals surface area contributed by atoms with Crippen molar-refractivity contribution in [3.8, 4) is 0 Å². The molecule has 0 aromatic heterocycles. The average Bonchev–Trinajstić information content (AvgIpc) is 2.45. The van der Waals surface area contributed by atoms with Crippen LogP contribution in [0.15, 0.2) is 30.3 Å². The fourth-order valence-electron chi connectivity index (χ4n) is 2.15. The van der Waals surface area contributed by atoms with Gasteiger partial charge in [0.2, 0.25) is 10.0 Å². The zero-order chi connectivity index (χ0) is 15.9. The maximum atomic E-state index is 12.8. The average molecular weight is 312 g/mol. The van der Waals surface area contributed by atoms with Crippen molar-refractivity contribution in [3.05, 3.63) is 35.9 Å². The van der Waals surface area contributed by atoms with Gasteiger partial charge in [0.25, 0.3) is 0 Å². The summed E-state index contributed by atoms with van der Waals surface area (Å²) in [5.74, 6) is 0. The summed E-state index contributed by atoms with van der Waals surface area (Å²) in [7, 11) is -3.31. The molecule has 0 saturated heterocycles. The minimum atomic E-state index is -3.31. The summed E-state index contributed by atoms with van der Waals surface area (Å²) in [4.78, 5) is 0. The standard InChI is InChI=1S/C16H28N2O2S/c1-5-11-17-12-15(4)21(19,20)18(14(2)3)13-16-9-7-6-8-10-16/h6-10,14-15,17H,5,11-13H2,1-4H3. The van der Waals surface area contributed by atoms with Gasteiger partial charge < -0.3 is 5.32 Å². The number of nitrogens with zero attached hydrogens (tertiary/aromatic N) is 1. The van der Waals surface area contributed by atoms with Crippen LogP contribution in [0, 0.1) is 0 Å². The minimum Gasteiger partial charge on any atom is -0.315 e. The van der Waals surface area contributed by atoms with E-state index in [0.29, 0.717) is 13.1 Å². The first-order chi connectivity index (χ1) is 9.89. The first-order valence-corrected chi connectivity index (χ1v) is 9.15. The van der Waals surface area contributed by atoms with Gasteiger partial charge in [-0.1, -0.05) is 37.3 Å². The largest absolute Gasteiger partial charge is 0.315 e. The summed E-state index contributed by atoms with van der Waals surface area (Å²) in [5.41, 5.74) is 1.02. The van der Waals surface area contributed by atoms with E-state index in [-0.39, 0.29) is 6.04 Å². The molecule has 1 unspecified atom stereocenters. The summed E-state index contributed by atoms with van der Waals surface area (Å²) >= 11 is 0. The van der Waals surface area contributed by atoms with Crippen LogP contribution in [-0.4, -0.2) is 37.1 Å². The lowest BCUT2D eigenvalue weighted by Gasteiger charge is -2.29. The van der Waals surface area contributed by atoms with E-state index in [9.17, 15) is 8.42 Å². The van der Waals surface area contributed by atoms with Crippen molar-refractivity contribution in [3.63, 3.8) is 0 Å². The van der Waals surface area contributed by atoms with Crippen LogP contribution in [0.4, 0.5) is 0 Å². The monoisotopic (exact) mass is 312 g/mol. The van der Waals surface area contributed by atoms with E-state index in [2.05, 4.69) is 12.2 Å². The normalized spacial score (nSPS) is 13.8. The molecule has 0 fully saturated rings. The molecule has 1 aromatic carbocycles. The molecule has 0 radical (unpaired) electrons. The van der Waals surface area contributed by atoms with Crippen molar-refractivity contribution in [1.29, 1.82) is 0 Å². The summed E-state index contributed by atoms with van der Waals surface area (Å²) < 4.78 is 27.1. The maximum absolute atomic E-state index is 12.8. The van der Waals surface area contributed by atoms with Crippen molar-refractivity contribution in [1.82, 2.24) is 9.62 Å². The summed E-state index contributed by atoms with van der Waals surface area (Å²) in [6.07, 6.45) is 1.00. The van der Waals surface area contributed by atoms with Crippen LogP contribution in [0.25, 0.3) is 0 Å². The van der Waals surface area contributed by atoms with Gasteiger partial charge in [-0.3, -0.25) is 0 Å². The van der Waals surface area contributed by atoms with Crippen LogP contribution < -0.4 is 5.32 Å². The van der Waals surface area contributed by atoms with Gasteiger partial charge in [-0.25, -0.2) is 8.42 Å². The van der Waals surface area contributed by atoms with Gasteiger partial charge in [-0.2, -0.15) is 4.31 Å². The van der Waals surface area contributed by atoms with E-state index < -0.39 is 15.3 Å². The van der Waals surface area contributed by atoms with Crippen molar-refractivity contribution in [2.75, 3.05) is 13.1 Å². The Morgan fingerprint density at radius 3 is 2.29 bits per heavy atom. The van der Waals surface area contributed by atoms with E-state index in [4.69, 9.17) is 0 Å². The molecule has 120 valence electrons. The number of benzene rings is 1. The lowest BCUT2D eigenvalue weighted by Crippen LogP contribution is -2.44. The Labute approximate surface area is 129 Å². The lowest BCUT2D eigenvalue weighted by atomic mass is 10.2.